The Bertz CT molecular complexity index is 616. The number of benzene rings is 1. The molecule has 0 aliphatic heterocycles. The van der Waals surface area contributed by atoms with E-state index in [2.05, 4.69) is 34.3 Å². The maximum absolute atomic E-state index is 4.62. The molecule has 0 amide bonds. The van der Waals surface area contributed by atoms with Gasteiger partial charge in [0.15, 0.2) is 0 Å². The van der Waals surface area contributed by atoms with Gasteiger partial charge in [-0.15, -0.1) is 0 Å². The zero-order valence-electron chi connectivity index (χ0n) is 11.4. The van der Waals surface area contributed by atoms with Crippen LogP contribution < -0.4 is 0 Å². The minimum atomic E-state index is 0.898. The Morgan fingerprint density at radius 1 is 1.05 bits per heavy atom. The molecule has 0 atom stereocenters. The van der Waals surface area contributed by atoms with E-state index in [1.807, 2.05) is 50.3 Å². The number of para-hydroxylation sites is 1. The average molecular weight is 250 g/mol. The summed E-state index contributed by atoms with van der Waals surface area (Å²) in [6.07, 6.45) is 9.87. The summed E-state index contributed by atoms with van der Waals surface area (Å²) in [6.45, 7) is 7.85. The van der Waals surface area contributed by atoms with Crippen LogP contribution in [0, 0.1) is 0 Å². The van der Waals surface area contributed by atoms with E-state index in [1.54, 1.807) is 6.08 Å². The topological polar surface area (TPSA) is 17.8 Å². The van der Waals surface area contributed by atoms with Crippen molar-refractivity contribution in [2.45, 2.75) is 13.8 Å². The molecule has 0 bridgehead atoms. The molecule has 0 aliphatic carbocycles. The first kappa shape index (κ1) is 13.1. The Morgan fingerprint density at radius 3 is 2.32 bits per heavy atom. The van der Waals surface area contributed by atoms with Crippen molar-refractivity contribution in [2.75, 3.05) is 0 Å². The third-order valence-electron chi connectivity index (χ3n) is 2.82. The van der Waals surface area contributed by atoms with E-state index in [1.165, 1.54) is 0 Å². The molecular weight excluding hydrogens is 232 g/mol. The van der Waals surface area contributed by atoms with E-state index in [-0.39, 0.29) is 0 Å². The van der Waals surface area contributed by atoms with Gasteiger partial charge in [-0.25, -0.2) is 4.98 Å². The predicted octanol–water partition coefficient (Wildman–Crippen LogP) is 4.58. The van der Waals surface area contributed by atoms with Gasteiger partial charge < -0.3 is 0 Å². The van der Waals surface area contributed by atoms with E-state index < -0.39 is 0 Å². The predicted molar refractivity (Wildman–Crippen MR) is 83.1 cm³/mol. The van der Waals surface area contributed by atoms with Crippen LogP contribution >= 0.6 is 0 Å². The van der Waals surface area contributed by atoms with Crippen LogP contribution in [0.5, 0.6) is 0 Å². The van der Waals surface area contributed by atoms with Crippen LogP contribution in [0.2, 0.25) is 0 Å². The third-order valence-corrected chi connectivity index (χ3v) is 2.82. The van der Waals surface area contributed by atoms with Crippen molar-refractivity contribution in [3.63, 3.8) is 0 Å². The van der Waals surface area contributed by atoms with Crippen molar-refractivity contribution in [1.82, 2.24) is 9.55 Å². The fourth-order valence-electron chi connectivity index (χ4n) is 2.05. The normalized spacial score (nSPS) is 11.5. The lowest BCUT2D eigenvalue weighted by molar-refractivity contribution is 1.02. The number of hydrogen-bond acceptors (Lipinski definition) is 1. The Hall–Kier alpha value is -2.35. The highest BCUT2D eigenvalue weighted by Crippen LogP contribution is 2.22. The number of rotatable bonds is 4. The summed E-state index contributed by atoms with van der Waals surface area (Å²) >= 11 is 0. The molecule has 19 heavy (non-hydrogen) atoms. The minimum Gasteiger partial charge on any atom is -0.293 e. The summed E-state index contributed by atoms with van der Waals surface area (Å²) in [5.74, 6) is 0.914. The number of aromatic nitrogens is 2. The number of imidazole rings is 1. The molecule has 0 N–H and O–H groups in total. The van der Waals surface area contributed by atoms with Gasteiger partial charge >= 0.3 is 0 Å². The smallest absolute Gasteiger partial charge is 0.138 e. The van der Waals surface area contributed by atoms with Crippen molar-refractivity contribution in [3.8, 4) is 5.69 Å². The first-order valence-electron chi connectivity index (χ1n) is 6.37. The SMILES string of the molecule is C=Cc1nc(/C=C/C)n(-c2ccccc2)c1/C=C\C. The molecule has 0 aliphatic rings. The van der Waals surface area contributed by atoms with Gasteiger partial charge in [-0.05, 0) is 44.2 Å². The van der Waals surface area contributed by atoms with Gasteiger partial charge in [-0.2, -0.15) is 0 Å². The monoisotopic (exact) mass is 250 g/mol. The van der Waals surface area contributed by atoms with E-state index in [0.29, 0.717) is 0 Å². The van der Waals surface area contributed by atoms with Crippen LogP contribution in [-0.2, 0) is 0 Å². The molecule has 0 saturated carbocycles. The Morgan fingerprint density at radius 2 is 1.74 bits per heavy atom. The third kappa shape index (κ3) is 2.58. The molecule has 0 fully saturated rings. The fraction of sp³-hybridized carbons (Fsp3) is 0.118. The van der Waals surface area contributed by atoms with Crippen LogP contribution in [0.25, 0.3) is 23.9 Å². The highest BCUT2D eigenvalue weighted by atomic mass is 15.1. The van der Waals surface area contributed by atoms with Crippen LogP contribution in [0.3, 0.4) is 0 Å². The molecule has 96 valence electrons. The first-order valence-corrected chi connectivity index (χ1v) is 6.37. The average Bonchev–Trinajstić information content (AvgIpc) is 2.78. The molecule has 2 rings (SSSR count). The van der Waals surface area contributed by atoms with Crippen LogP contribution in [0.1, 0.15) is 31.1 Å². The Balaban J connectivity index is 2.74. The highest BCUT2D eigenvalue weighted by Gasteiger charge is 2.12. The van der Waals surface area contributed by atoms with Gasteiger partial charge in [-0.3, -0.25) is 4.57 Å². The molecule has 0 saturated heterocycles. The van der Waals surface area contributed by atoms with Crippen molar-refractivity contribution < 1.29 is 0 Å². The van der Waals surface area contributed by atoms with Gasteiger partial charge in [0.1, 0.15) is 5.82 Å². The second-order valence-electron chi connectivity index (χ2n) is 4.12. The molecule has 2 aromatic rings. The molecule has 1 heterocycles. The minimum absolute atomic E-state index is 0.898. The van der Waals surface area contributed by atoms with Crippen molar-refractivity contribution in [1.29, 1.82) is 0 Å². The highest BCUT2D eigenvalue weighted by molar-refractivity contribution is 5.65. The lowest BCUT2D eigenvalue weighted by Crippen LogP contribution is -1.99. The molecule has 1 aromatic heterocycles. The van der Waals surface area contributed by atoms with E-state index in [0.717, 1.165) is 22.9 Å². The Kier molecular flexibility index (Phi) is 4.14. The van der Waals surface area contributed by atoms with Gasteiger partial charge in [-0.1, -0.05) is 36.9 Å². The lowest BCUT2D eigenvalue weighted by atomic mass is 10.2. The zero-order valence-corrected chi connectivity index (χ0v) is 11.4. The van der Waals surface area contributed by atoms with E-state index in [4.69, 9.17) is 0 Å². The second kappa shape index (κ2) is 6.01. The van der Waals surface area contributed by atoms with E-state index in [9.17, 15) is 0 Å². The standard InChI is InChI=1S/C17H18N2/c1-4-10-16-15(6-3)18-17(11-5-2)19(16)14-12-8-7-9-13-14/h4-13H,3H2,1-2H3/b10-4-,11-5+. The summed E-state index contributed by atoms with van der Waals surface area (Å²) in [5, 5.41) is 0. The van der Waals surface area contributed by atoms with E-state index >= 15 is 0 Å². The molecule has 0 radical (unpaired) electrons. The zero-order chi connectivity index (χ0) is 13.7. The van der Waals surface area contributed by atoms with Gasteiger partial charge in [0.25, 0.3) is 0 Å². The summed E-state index contributed by atoms with van der Waals surface area (Å²) in [7, 11) is 0. The molecule has 0 spiro atoms. The number of nitrogens with zero attached hydrogens (tertiary/aromatic N) is 2. The summed E-state index contributed by atoms with van der Waals surface area (Å²) < 4.78 is 2.14. The molecule has 0 unspecified atom stereocenters. The van der Waals surface area contributed by atoms with Gasteiger partial charge in [0.05, 0.1) is 11.4 Å². The number of hydrogen-bond donors (Lipinski definition) is 0. The number of allylic oxidation sites excluding steroid dienone is 2. The summed E-state index contributed by atoms with van der Waals surface area (Å²) in [6, 6.07) is 10.2. The summed E-state index contributed by atoms with van der Waals surface area (Å²) in [4.78, 5) is 4.62. The molecule has 2 heteroatoms. The van der Waals surface area contributed by atoms with Crippen molar-refractivity contribution in [2.24, 2.45) is 0 Å². The lowest BCUT2D eigenvalue weighted by Gasteiger charge is -2.08. The second-order valence-corrected chi connectivity index (χ2v) is 4.12. The molecule has 1 aromatic carbocycles. The molecule has 2 nitrogen and oxygen atoms in total. The van der Waals surface area contributed by atoms with Crippen LogP contribution in [0.4, 0.5) is 0 Å². The van der Waals surface area contributed by atoms with Crippen LogP contribution in [0.15, 0.2) is 49.1 Å². The van der Waals surface area contributed by atoms with Crippen LogP contribution in [-0.4, -0.2) is 9.55 Å². The first-order chi connectivity index (χ1) is 9.31. The largest absolute Gasteiger partial charge is 0.293 e. The summed E-state index contributed by atoms with van der Waals surface area (Å²) in [5.41, 5.74) is 3.05. The Labute approximate surface area is 114 Å². The quantitative estimate of drug-likeness (QED) is 0.776. The van der Waals surface area contributed by atoms with Crippen molar-refractivity contribution in [3.05, 3.63) is 66.3 Å². The fourth-order valence-corrected chi connectivity index (χ4v) is 2.05. The van der Waals surface area contributed by atoms with Gasteiger partial charge in [0.2, 0.25) is 0 Å². The maximum atomic E-state index is 4.62. The van der Waals surface area contributed by atoms with Crippen molar-refractivity contribution >= 4 is 18.2 Å². The molecular formula is C17H18N2. The van der Waals surface area contributed by atoms with Gasteiger partial charge in [0, 0.05) is 5.69 Å². The maximum Gasteiger partial charge on any atom is 0.138 e.